The maximum Gasteiger partial charge on any atom is 0.238 e. The lowest BCUT2D eigenvalue weighted by molar-refractivity contribution is -0.122. The Morgan fingerprint density at radius 1 is 0.676 bits per heavy atom. The highest BCUT2D eigenvalue weighted by Gasteiger charge is 2.62. The van der Waals surface area contributed by atoms with Gasteiger partial charge in [-0.05, 0) is 83.6 Å². The summed E-state index contributed by atoms with van der Waals surface area (Å²) in [7, 11) is 3.30. The first-order valence-corrected chi connectivity index (χ1v) is 12.6. The van der Waals surface area contributed by atoms with E-state index in [1.54, 1.807) is 14.2 Å². The van der Waals surface area contributed by atoms with Crippen molar-refractivity contribution in [2.75, 3.05) is 19.1 Å². The first-order chi connectivity index (χ1) is 17.9. The second-order valence-electron chi connectivity index (χ2n) is 10.1. The zero-order valence-corrected chi connectivity index (χ0v) is 21.4. The maximum absolute atomic E-state index is 13.8. The van der Waals surface area contributed by atoms with Crippen molar-refractivity contribution in [2.45, 2.75) is 13.8 Å². The van der Waals surface area contributed by atoms with Gasteiger partial charge in [-0.2, -0.15) is 0 Å². The lowest BCUT2D eigenvalue weighted by atomic mass is 9.85. The topological polar surface area (TPSA) is 55.8 Å². The number of carbonyl (C=O) groups excluding carboxylic acids is 2. The highest BCUT2D eigenvalue weighted by Crippen LogP contribution is 2.59. The molecule has 0 spiro atoms. The van der Waals surface area contributed by atoms with E-state index in [2.05, 4.69) is 12.2 Å². The molecule has 2 amide bonds. The summed E-state index contributed by atoms with van der Waals surface area (Å²) in [5, 5.41) is 0. The Morgan fingerprint density at radius 3 is 1.59 bits per heavy atom. The van der Waals surface area contributed by atoms with E-state index < -0.39 is 0 Å². The van der Waals surface area contributed by atoms with Gasteiger partial charge in [-0.3, -0.25) is 9.59 Å². The maximum atomic E-state index is 13.8. The average Bonchev–Trinajstić information content (AvgIpc) is 3.55. The van der Waals surface area contributed by atoms with Gasteiger partial charge in [0.25, 0.3) is 0 Å². The van der Waals surface area contributed by atoms with Crippen LogP contribution in [0.1, 0.15) is 22.3 Å². The molecule has 3 aliphatic rings. The largest absolute Gasteiger partial charge is 0.497 e. The van der Waals surface area contributed by atoms with E-state index in [4.69, 9.17) is 9.47 Å². The number of benzene rings is 3. The number of rotatable bonds is 5. The van der Waals surface area contributed by atoms with Crippen molar-refractivity contribution in [3.63, 3.8) is 0 Å². The van der Waals surface area contributed by atoms with Crippen LogP contribution in [0.4, 0.5) is 5.69 Å². The molecule has 37 heavy (non-hydrogen) atoms. The van der Waals surface area contributed by atoms with Crippen LogP contribution in [-0.2, 0) is 9.59 Å². The third-order valence-electron chi connectivity index (χ3n) is 8.21. The van der Waals surface area contributed by atoms with Crippen LogP contribution < -0.4 is 14.4 Å². The molecule has 5 heteroatoms. The number of ether oxygens (including phenoxy) is 2. The summed E-state index contributed by atoms with van der Waals surface area (Å²) in [6.07, 6.45) is 4.26. The Hall–Kier alpha value is -4.12. The molecule has 2 bridgehead atoms. The smallest absolute Gasteiger partial charge is 0.238 e. The zero-order valence-electron chi connectivity index (χ0n) is 21.4. The SMILES string of the molecule is COc1ccc(C(=C2[C@H]3C=C[C@H]2[C@H]2C(=O)N(c4ccc(C)c(C)c4)C(=O)[C@@H]23)c2ccc(OC)cc2)cc1. The van der Waals surface area contributed by atoms with Gasteiger partial charge in [0.1, 0.15) is 11.5 Å². The fourth-order valence-corrected chi connectivity index (χ4v) is 6.23. The summed E-state index contributed by atoms with van der Waals surface area (Å²) < 4.78 is 10.8. The predicted molar refractivity (Wildman–Crippen MR) is 144 cm³/mol. The number of imide groups is 1. The molecular weight excluding hydrogens is 462 g/mol. The fraction of sp³-hybridized carbons (Fsp3) is 0.250. The van der Waals surface area contributed by atoms with Gasteiger partial charge in [-0.1, -0.05) is 42.5 Å². The number of hydrogen-bond acceptors (Lipinski definition) is 4. The molecule has 0 radical (unpaired) electrons. The summed E-state index contributed by atoms with van der Waals surface area (Å²) in [6.45, 7) is 4.04. The van der Waals surface area contributed by atoms with E-state index >= 15 is 0 Å². The van der Waals surface area contributed by atoms with Crippen LogP contribution >= 0.6 is 0 Å². The minimum Gasteiger partial charge on any atom is -0.497 e. The molecule has 1 heterocycles. The van der Waals surface area contributed by atoms with E-state index in [0.717, 1.165) is 44.9 Å². The monoisotopic (exact) mass is 491 g/mol. The Labute approximate surface area is 217 Å². The summed E-state index contributed by atoms with van der Waals surface area (Å²) in [5.41, 5.74) is 7.15. The molecule has 1 saturated carbocycles. The van der Waals surface area contributed by atoms with E-state index in [1.165, 1.54) is 4.90 Å². The van der Waals surface area contributed by atoms with Crippen LogP contribution in [0, 0.1) is 37.5 Å². The highest BCUT2D eigenvalue weighted by molar-refractivity contribution is 6.23. The minimum atomic E-state index is -0.384. The summed E-state index contributed by atoms with van der Waals surface area (Å²) in [6, 6.07) is 21.8. The lowest BCUT2D eigenvalue weighted by Crippen LogP contribution is -2.33. The van der Waals surface area contributed by atoms with Crippen molar-refractivity contribution in [3.05, 3.63) is 107 Å². The molecule has 0 aromatic heterocycles. The Morgan fingerprint density at radius 2 is 1.16 bits per heavy atom. The molecule has 4 atom stereocenters. The van der Waals surface area contributed by atoms with Crippen molar-refractivity contribution < 1.29 is 19.1 Å². The number of allylic oxidation sites excluding steroid dienone is 3. The third-order valence-corrected chi connectivity index (χ3v) is 8.21. The molecular formula is C32H29NO4. The second-order valence-corrected chi connectivity index (χ2v) is 10.1. The normalized spacial score (nSPS) is 23.6. The van der Waals surface area contributed by atoms with Crippen LogP contribution in [0.15, 0.2) is 84.5 Å². The number of aryl methyl sites for hydroxylation is 2. The van der Waals surface area contributed by atoms with E-state index in [9.17, 15) is 9.59 Å². The number of amides is 2. The third kappa shape index (κ3) is 3.52. The highest BCUT2D eigenvalue weighted by atomic mass is 16.5. The standard InChI is InChI=1S/C32H29NO4/c1-18-5-10-22(17-19(18)2)33-31(34)29-25-15-16-26(30(29)32(33)35)28(25)27(20-6-11-23(36-3)12-7-20)21-8-13-24(37-4)14-9-21/h5-17,25-26,29-30H,1-4H3/t25-,26-,29-,30-/m1/s1. The number of hydrogen-bond donors (Lipinski definition) is 0. The van der Waals surface area contributed by atoms with Gasteiger partial charge in [0, 0.05) is 11.8 Å². The van der Waals surface area contributed by atoms with Crippen molar-refractivity contribution in [2.24, 2.45) is 23.7 Å². The first kappa shape index (κ1) is 23.3. The summed E-state index contributed by atoms with van der Waals surface area (Å²) >= 11 is 0. The first-order valence-electron chi connectivity index (χ1n) is 12.6. The number of anilines is 1. The lowest BCUT2D eigenvalue weighted by Gasteiger charge is -2.22. The van der Waals surface area contributed by atoms with Crippen LogP contribution in [-0.4, -0.2) is 26.0 Å². The molecule has 1 saturated heterocycles. The van der Waals surface area contributed by atoms with E-state index in [0.29, 0.717) is 5.69 Å². The summed E-state index contributed by atoms with van der Waals surface area (Å²) in [4.78, 5) is 29.0. The number of nitrogens with zero attached hydrogens (tertiary/aromatic N) is 1. The van der Waals surface area contributed by atoms with Crippen LogP contribution in [0.3, 0.4) is 0 Å². The molecule has 3 aromatic rings. The minimum absolute atomic E-state index is 0.101. The number of fused-ring (bicyclic) bond motifs is 5. The average molecular weight is 492 g/mol. The van der Waals surface area contributed by atoms with Crippen molar-refractivity contribution in [3.8, 4) is 11.5 Å². The molecule has 2 aliphatic carbocycles. The Balaban J connectivity index is 1.47. The number of methoxy groups -OCH3 is 2. The molecule has 5 nitrogen and oxygen atoms in total. The van der Waals surface area contributed by atoms with Gasteiger partial charge >= 0.3 is 0 Å². The fourth-order valence-electron chi connectivity index (χ4n) is 6.23. The molecule has 6 rings (SSSR count). The van der Waals surface area contributed by atoms with E-state index in [-0.39, 0.29) is 35.5 Å². The Kier molecular flexibility index (Phi) is 5.52. The molecule has 186 valence electrons. The van der Waals surface area contributed by atoms with E-state index in [1.807, 2.05) is 80.6 Å². The zero-order chi connectivity index (χ0) is 25.8. The molecule has 2 fully saturated rings. The van der Waals surface area contributed by atoms with Gasteiger partial charge in [-0.25, -0.2) is 4.90 Å². The quantitative estimate of drug-likeness (QED) is 0.337. The van der Waals surface area contributed by atoms with Gasteiger partial charge in [0.15, 0.2) is 0 Å². The molecule has 3 aromatic carbocycles. The van der Waals surface area contributed by atoms with Crippen molar-refractivity contribution in [1.82, 2.24) is 0 Å². The Bertz CT molecular complexity index is 1380. The van der Waals surface area contributed by atoms with Gasteiger partial charge < -0.3 is 9.47 Å². The predicted octanol–water partition coefficient (Wildman–Crippen LogP) is 5.74. The summed E-state index contributed by atoms with van der Waals surface area (Å²) in [5.74, 6) is 0.344. The van der Waals surface area contributed by atoms with Crippen LogP contribution in [0.25, 0.3) is 5.57 Å². The van der Waals surface area contributed by atoms with Crippen molar-refractivity contribution >= 4 is 23.1 Å². The van der Waals surface area contributed by atoms with Gasteiger partial charge in [0.2, 0.25) is 11.8 Å². The van der Waals surface area contributed by atoms with Crippen LogP contribution in [0.2, 0.25) is 0 Å². The molecule has 1 aliphatic heterocycles. The van der Waals surface area contributed by atoms with Gasteiger partial charge in [-0.15, -0.1) is 0 Å². The van der Waals surface area contributed by atoms with Crippen molar-refractivity contribution in [1.29, 1.82) is 0 Å². The molecule has 0 N–H and O–H groups in total. The van der Waals surface area contributed by atoms with Gasteiger partial charge in [0.05, 0.1) is 31.7 Å². The van der Waals surface area contributed by atoms with Crippen LogP contribution in [0.5, 0.6) is 11.5 Å². The molecule has 0 unspecified atom stereocenters. The number of carbonyl (C=O) groups is 2. The second kappa shape index (κ2) is 8.77.